The first-order valence-corrected chi connectivity index (χ1v) is 9.39. The van der Waals surface area contributed by atoms with Crippen LogP contribution in [0.4, 0.5) is 5.69 Å². The summed E-state index contributed by atoms with van der Waals surface area (Å²) in [5.74, 6) is 0.257. The molecule has 0 aliphatic carbocycles. The molecule has 1 aliphatic rings. The second-order valence-corrected chi connectivity index (χ2v) is 6.96. The van der Waals surface area contributed by atoms with Crippen LogP contribution in [0, 0.1) is 5.92 Å². The zero-order valence-electron chi connectivity index (χ0n) is 15.6. The van der Waals surface area contributed by atoms with Crippen molar-refractivity contribution in [3.8, 4) is 0 Å². The number of rotatable bonds is 6. The van der Waals surface area contributed by atoms with E-state index in [1.54, 1.807) is 13.1 Å². The van der Waals surface area contributed by atoms with Gasteiger partial charge in [-0.05, 0) is 36.5 Å². The smallest absolute Gasteiger partial charge is 0.270 e. The molecule has 1 atom stereocenters. The van der Waals surface area contributed by atoms with Gasteiger partial charge in [-0.15, -0.1) is 0 Å². The number of aromatic nitrogens is 1. The van der Waals surface area contributed by atoms with Crippen molar-refractivity contribution in [3.05, 3.63) is 59.9 Å². The minimum Gasteiger partial charge on any atom is -0.371 e. The van der Waals surface area contributed by atoms with Gasteiger partial charge in [0.15, 0.2) is 0 Å². The lowest BCUT2D eigenvalue weighted by Crippen LogP contribution is -2.40. The zero-order valence-corrected chi connectivity index (χ0v) is 15.6. The summed E-state index contributed by atoms with van der Waals surface area (Å²) >= 11 is 0. The second kappa shape index (κ2) is 9.16. The van der Waals surface area contributed by atoms with Gasteiger partial charge < -0.3 is 15.5 Å². The van der Waals surface area contributed by atoms with Crippen LogP contribution in [0.15, 0.2) is 48.7 Å². The van der Waals surface area contributed by atoms with Gasteiger partial charge in [-0.25, -0.2) is 0 Å². The third kappa shape index (κ3) is 5.54. The minimum atomic E-state index is -0.174. The Bertz CT molecular complexity index is 779. The number of amides is 2. The SMILES string of the molecule is CC(=O)NCC1CCCN(c2ccnc(C(=O)NCc3ccccc3)c2)C1. The maximum atomic E-state index is 12.5. The van der Waals surface area contributed by atoms with E-state index in [0.29, 0.717) is 24.7 Å². The summed E-state index contributed by atoms with van der Waals surface area (Å²) in [6.45, 7) is 4.54. The molecule has 6 heteroatoms. The van der Waals surface area contributed by atoms with Gasteiger partial charge in [0.1, 0.15) is 5.69 Å². The Balaban J connectivity index is 1.60. The highest BCUT2D eigenvalue weighted by molar-refractivity contribution is 5.93. The Morgan fingerprint density at radius 2 is 2.00 bits per heavy atom. The van der Waals surface area contributed by atoms with Crippen LogP contribution in [0.1, 0.15) is 35.8 Å². The van der Waals surface area contributed by atoms with Crippen LogP contribution in [-0.2, 0) is 11.3 Å². The summed E-state index contributed by atoms with van der Waals surface area (Å²) in [7, 11) is 0. The van der Waals surface area contributed by atoms with E-state index in [-0.39, 0.29) is 11.8 Å². The molecule has 2 aromatic rings. The van der Waals surface area contributed by atoms with Crippen molar-refractivity contribution in [2.75, 3.05) is 24.5 Å². The lowest BCUT2D eigenvalue weighted by molar-refractivity contribution is -0.119. The number of nitrogens with one attached hydrogen (secondary N) is 2. The van der Waals surface area contributed by atoms with E-state index in [1.807, 2.05) is 42.5 Å². The highest BCUT2D eigenvalue weighted by Crippen LogP contribution is 2.23. The molecule has 1 aliphatic heterocycles. The highest BCUT2D eigenvalue weighted by atomic mass is 16.2. The first kappa shape index (κ1) is 18.9. The number of anilines is 1. The molecule has 1 aromatic carbocycles. The molecule has 0 bridgehead atoms. The first-order chi connectivity index (χ1) is 13.1. The van der Waals surface area contributed by atoms with Gasteiger partial charge in [-0.1, -0.05) is 30.3 Å². The van der Waals surface area contributed by atoms with Gasteiger partial charge in [0, 0.05) is 45.0 Å². The van der Waals surface area contributed by atoms with Crippen molar-refractivity contribution in [2.24, 2.45) is 5.92 Å². The van der Waals surface area contributed by atoms with Crippen molar-refractivity contribution in [1.29, 1.82) is 0 Å². The third-order valence-corrected chi connectivity index (χ3v) is 4.80. The molecule has 1 saturated heterocycles. The Labute approximate surface area is 160 Å². The molecule has 2 heterocycles. The molecule has 2 N–H and O–H groups in total. The lowest BCUT2D eigenvalue weighted by atomic mass is 9.97. The van der Waals surface area contributed by atoms with E-state index in [1.165, 1.54) is 0 Å². The van der Waals surface area contributed by atoms with E-state index in [0.717, 1.165) is 37.2 Å². The van der Waals surface area contributed by atoms with E-state index >= 15 is 0 Å². The normalized spacial score (nSPS) is 16.6. The number of benzene rings is 1. The number of hydrogen-bond donors (Lipinski definition) is 2. The van der Waals surface area contributed by atoms with Crippen molar-refractivity contribution in [2.45, 2.75) is 26.3 Å². The molecular weight excluding hydrogens is 340 g/mol. The van der Waals surface area contributed by atoms with Crippen LogP contribution < -0.4 is 15.5 Å². The number of nitrogens with zero attached hydrogens (tertiary/aromatic N) is 2. The quantitative estimate of drug-likeness (QED) is 0.823. The van der Waals surface area contributed by atoms with Crippen LogP contribution >= 0.6 is 0 Å². The molecule has 6 nitrogen and oxygen atoms in total. The van der Waals surface area contributed by atoms with Crippen molar-refractivity contribution >= 4 is 17.5 Å². The Kier molecular flexibility index (Phi) is 6.41. The van der Waals surface area contributed by atoms with Gasteiger partial charge in [-0.3, -0.25) is 14.6 Å². The number of carbonyl (C=O) groups excluding carboxylic acids is 2. The van der Waals surface area contributed by atoms with Crippen LogP contribution in [-0.4, -0.2) is 36.4 Å². The van der Waals surface area contributed by atoms with Gasteiger partial charge >= 0.3 is 0 Å². The summed E-state index contributed by atoms with van der Waals surface area (Å²) < 4.78 is 0. The first-order valence-electron chi connectivity index (χ1n) is 9.39. The summed E-state index contributed by atoms with van der Waals surface area (Å²) in [6.07, 6.45) is 3.86. The maximum absolute atomic E-state index is 12.5. The van der Waals surface area contributed by atoms with E-state index < -0.39 is 0 Å². The van der Waals surface area contributed by atoms with Crippen LogP contribution in [0.2, 0.25) is 0 Å². The number of carbonyl (C=O) groups is 2. The Morgan fingerprint density at radius 1 is 1.19 bits per heavy atom. The monoisotopic (exact) mass is 366 g/mol. The lowest BCUT2D eigenvalue weighted by Gasteiger charge is -2.34. The van der Waals surface area contributed by atoms with E-state index in [4.69, 9.17) is 0 Å². The molecular formula is C21H26N4O2. The summed E-state index contributed by atoms with van der Waals surface area (Å²) in [5.41, 5.74) is 2.48. The van der Waals surface area contributed by atoms with Crippen molar-refractivity contribution in [1.82, 2.24) is 15.6 Å². The summed E-state index contributed by atoms with van der Waals surface area (Å²) in [6, 6.07) is 13.6. The molecule has 1 aromatic heterocycles. The molecule has 142 valence electrons. The van der Waals surface area contributed by atoms with Gasteiger partial charge in [0.25, 0.3) is 5.91 Å². The van der Waals surface area contributed by atoms with Gasteiger partial charge in [0.05, 0.1) is 0 Å². The van der Waals surface area contributed by atoms with E-state index in [2.05, 4.69) is 20.5 Å². The minimum absolute atomic E-state index is 0.00779. The molecule has 2 amide bonds. The highest BCUT2D eigenvalue weighted by Gasteiger charge is 2.21. The van der Waals surface area contributed by atoms with Crippen LogP contribution in [0.3, 0.4) is 0 Å². The Morgan fingerprint density at radius 3 is 2.78 bits per heavy atom. The zero-order chi connectivity index (χ0) is 19.1. The van der Waals surface area contributed by atoms with Crippen LogP contribution in [0.5, 0.6) is 0 Å². The third-order valence-electron chi connectivity index (χ3n) is 4.80. The summed E-state index contributed by atoms with van der Waals surface area (Å²) in [5, 5.41) is 5.83. The average molecular weight is 366 g/mol. The van der Waals surface area contributed by atoms with E-state index in [9.17, 15) is 9.59 Å². The van der Waals surface area contributed by atoms with Gasteiger partial charge in [0.2, 0.25) is 5.91 Å². The fourth-order valence-corrected chi connectivity index (χ4v) is 3.36. The van der Waals surface area contributed by atoms with Crippen molar-refractivity contribution in [3.63, 3.8) is 0 Å². The fourth-order valence-electron chi connectivity index (χ4n) is 3.36. The average Bonchev–Trinajstić information content (AvgIpc) is 2.71. The Hall–Kier alpha value is -2.89. The topological polar surface area (TPSA) is 74.3 Å². The molecule has 0 saturated carbocycles. The molecule has 0 spiro atoms. The van der Waals surface area contributed by atoms with Gasteiger partial charge in [-0.2, -0.15) is 0 Å². The predicted molar refractivity (Wildman–Crippen MR) is 105 cm³/mol. The molecule has 0 radical (unpaired) electrons. The maximum Gasteiger partial charge on any atom is 0.270 e. The molecule has 1 unspecified atom stereocenters. The molecule has 27 heavy (non-hydrogen) atoms. The molecule has 3 rings (SSSR count). The van der Waals surface area contributed by atoms with Crippen LogP contribution in [0.25, 0.3) is 0 Å². The second-order valence-electron chi connectivity index (χ2n) is 6.96. The predicted octanol–water partition coefficient (Wildman–Crippen LogP) is 2.36. The van der Waals surface area contributed by atoms with Crippen molar-refractivity contribution < 1.29 is 9.59 Å². The standard InChI is InChI=1S/C21H26N4O2/c1-16(26)23-14-18-8-5-11-25(15-18)19-9-10-22-20(12-19)21(27)24-13-17-6-3-2-4-7-17/h2-4,6-7,9-10,12,18H,5,8,11,13-15H2,1H3,(H,23,26)(H,24,27). The number of pyridine rings is 1. The largest absolute Gasteiger partial charge is 0.371 e. The summed E-state index contributed by atoms with van der Waals surface area (Å²) in [4.78, 5) is 30.1. The fraction of sp³-hybridized carbons (Fsp3) is 0.381. The number of piperidine rings is 1. The molecule has 1 fully saturated rings. The number of hydrogen-bond acceptors (Lipinski definition) is 4.